The van der Waals surface area contributed by atoms with Crippen LogP contribution < -0.4 is 10.6 Å². The maximum absolute atomic E-state index is 12.1. The molecule has 5 nitrogen and oxygen atoms in total. The van der Waals surface area contributed by atoms with Gasteiger partial charge < -0.3 is 15.5 Å². The molecule has 1 amide bonds. The van der Waals surface area contributed by atoms with E-state index in [4.69, 9.17) is 11.6 Å². The molecule has 0 saturated heterocycles. The number of pyridine rings is 1. The molecule has 20 heavy (non-hydrogen) atoms. The number of nitrogens with one attached hydrogen (secondary N) is 2. The number of anilines is 1. The van der Waals surface area contributed by atoms with Crippen LogP contribution in [0.5, 0.6) is 0 Å². The largest absolute Gasteiger partial charge is 0.373 e. The summed E-state index contributed by atoms with van der Waals surface area (Å²) in [4.78, 5) is 18.4. The molecule has 1 atom stereocenters. The summed E-state index contributed by atoms with van der Waals surface area (Å²) in [6.45, 7) is 5.68. The Morgan fingerprint density at radius 1 is 1.50 bits per heavy atom. The van der Waals surface area contributed by atoms with E-state index < -0.39 is 0 Å². The van der Waals surface area contributed by atoms with E-state index in [1.165, 1.54) is 0 Å². The minimum atomic E-state index is -0.246. The number of hydrogen-bond donors (Lipinski definition) is 2. The van der Waals surface area contributed by atoms with Gasteiger partial charge in [-0.25, -0.2) is 4.98 Å². The highest BCUT2D eigenvalue weighted by molar-refractivity contribution is 6.33. The Labute approximate surface area is 125 Å². The standard InChI is InChI=1S/C14H23ClN4O/c1-5-10(2)19(4)9-8-17-14(20)13-11(15)6-7-12(16-3)18-13/h6-7,10H,5,8-9H2,1-4H3,(H,16,18)(H,17,20). The summed E-state index contributed by atoms with van der Waals surface area (Å²) in [6.07, 6.45) is 1.09. The molecule has 1 heterocycles. The number of carbonyl (C=O) groups excluding carboxylic acids is 1. The number of nitrogens with zero attached hydrogens (tertiary/aromatic N) is 2. The highest BCUT2D eigenvalue weighted by Crippen LogP contribution is 2.16. The maximum Gasteiger partial charge on any atom is 0.271 e. The van der Waals surface area contributed by atoms with Crippen molar-refractivity contribution in [2.24, 2.45) is 0 Å². The average Bonchev–Trinajstić information content (AvgIpc) is 2.46. The van der Waals surface area contributed by atoms with Gasteiger partial charge in [-0.05, 0) is 32.5 Å². The SMILES string of the molecule is CCC(C)N(C)CCNC(=O)c1nc(NC)ccc1Cl. The van der Waals surface area contributed by atoms with Gasteiger partial charge in [-0.15, -0.1) is 0 Å². The molecule has 0 aliphatic rings. The Hall–Kier alpha value is -1.33. The van der Waals surface area contributed by atoms with Gasteiger partial charge in [0.25, 0.3) is 5.91 Å². The van der Waals surface area contributed by atoms with Gasteiger partial charge >= 0.3 is 0 Å². The lowest BCUT2D eigenvalue weighted by Gasteiger charge is -2.23. The van der Waals surface area contributed by atoms with Crippen molar-refractivity contribution >= 4 is 23.3 Å². The number of amides is 1. The molecule has 1 unspecified atom stereocenters. The van der Waals surface area contributed by atoms with Crippen molar-refractivity contribution in [2.75, 3.05) is 32.5 Å². The zero-order valence-electron chi connectivity index (χ0n) is 12.5. The lowest BCUT2D eigenvalue weighted by Crippen LogP contribution is -2.37. The van der Waals surface area contributed by atoms with Crippen LogP contribution in [0.15, 0.2) is 12.1 Å². The molecule has 0 saturated carbocycles. The van der Waals surface area contributed by atoms with Crippen molar-refractivity contribution in [3.05, 3.63) is 22.8 Å². The van der Waals surface area contributed by atoms with E-state index in [1.807, 2.05) is 7.05 Å². The molecule has 0 aliphatic heterocycles. The van der Waals surface area contributed by atoms with E-state index in [1.54, 1.807) is 19.2 Å². The zero-order chi connectivity index (χ0) is 15.1. The van der Waals surface area contributed by atoms with Gasteiger partial charge in [-0.3, -0.25) is 4.79 Å². The van der Waals surface area contributed by atoms with Crippen LogP contribution in [0.3, 0.4) is 0 Å². The fourth-order valence-corrected chi connectivity index (χ4v) is 1.89. The topological polar surface area (TPSA) is 57.3 Å². The fraction of sp³-hybridized carbons (Fsp3) is 0.571. The van der Waals surface area contributed by atoms with Crippen LogP contribution in [-0.2, 0) is 0 Å². The van der Waals surface area contributed by atoms with Crippen LogP contribution in [0, 0.1) is 0 Å². The molecular weight excluding hydrogens is 276 g/mol. The summed E-state index contributed by atoms with van der Waals surface area (Å²) in [5.41, 5.74) is 0.254. The molecule has 0 aliphatic carbocycles. The molecular formula is C14H23ClN4O. The first kappa shape index (κ1) is 16.7. The second-order valence-corrected chi connectivity index (χ2v) is 5.18. The van der Waals surface area contributed by atoms with Crippen molar-refractivity contribution in [1.82, 2.24) is 15.2 Å². The van der Waals surface area contributed by atoms with Crippen LogP contribution >= 0.6 is 11.6 Å². The Morgan fingerprint density at radius 3 is 2.80 bits per heavy atom. The number of carbonyl (C=O) groups is 1. The van der Waals surface area contributed by atoms with E-state index in [2.05, 4.69) is 34.4 Å². The predicted octanol–water partition coefficient (Wildman–Crippen LogP) is 2.24. The van der Waals surface area contributed by atoms with Crippen molar-refractivity contribution in [2.45, 2.75) is 26.3 Å². The maximum atomic E-state index is 12.1. The van der Waals surface area contributed by atoms with Crippen molar-refractivity contribution in [1.29, 1.82) is 0 Å². The molecule has 1 rings (SSSR count). The molecule has 0 radical (unpaired) electrons. The van der Waals surface area contributed by atoms with E-state index in [0.717, 1.165) is 13.0 Å². The monoisotopic (exact) mass is 298 g/mol. The summed E-state index contributed by atoms with van der Waals surface area (Å²) in [5, 5.41) is 6.09. The van der Waals surface area contributed by atoms with Crippen LogP contribution in [0.1, 0.15) is 30.8 Å². The smallest absolute Gasteiger partial charge is 0.271 e. The fourth-order valence-electron chi connectivity index (χ4n) is 1.70. The number of rotatable bonds is 7. The van der Waals surface area contributed by atoms with E-state index in [-0.39, 0.29) is 11.6 Å². The Kier molecular flexibility index (Phi) is 6.75. The van der Waals surface area contributed by atoms with Crippen LogP contribution in [0.2, 0.25) is 5.02 Å². The molecule has 112 valence electrons. The van der Waals surface area contributed by atoms with Crippen LogP contribution in [0.4, 0.5) is 5.82 Å². The predicted molar refractivity (Wildman–Crippen MR) is 83.5 cm³/mol. The second-order valence-electron chi connectivity index (χ2n) is 4.77. The van der Waals surface area contributed by atoms with E-state index >= 15 is 0 Å². The van der Waals surface area contributed by atoms with Crippen LogP contribution in [-0.4, -0.2) is 49.0 Å². The van der Waals surface area contributed by atoms with Gasteiger partial charge in [0.2, 0.25) is 0 Å². The summed E-state index contributed by atoms with van der Waals surface area (Å²) in [6, 6.07) is 3.90. The molecule has 1 aromatic rings. The summed E-state index contributed by atoms with van der Waals surface area (Å²) >= 11 is 6.00. The van der Waals surface area contributed by atoms with Crippen molar-refractivity contribution in [3.8, 4) is 0 Å². The minimum Gasteiger partial charge on any atom is -0.373 e. The Balaban J connectivity index is 2.55. The second kappa shape index (κ2) is 8.07. The first-order valence-electron chi connectivity index (χ1n) is 6.82. The molecule has 0 aromatic carbocycles. The Bertz CT molecular complexity index is 453. The van der Waals surface area contributed by atoms with E-state index in [0.29, 0.717) is 23.4 Å². The molecule has 2 N–H and O–H groups in total. The van der Waals surface area contributed by atoms with Gasteiger partial charge in [-0.1, -0.05) is 18.5 Å². The number of aromatic nitrogens is 1. The van der Waals surface area contributed by atoms with Gasteiger partial charge in [0.05, 0.1) is 5.02 Å². The third-order valence-electron chi connectivity index (χ3n) is 3.41. The Morgan fingerprint density at radius 2 is 2.20 bits per heavy atom. The molecule has 0 bridgehead atoms. The van der Waals surface area contributed by atoms with Gasteiger partial charge in [0, 0.05) is 26.2 Å². The van der Waals surface area contributed by atoms with Gasteiger partial charge in [0.15, 0.2) is 0 Å². The summed E-state index contributed by atoms with van der Waals surface area (Å²) in [5.74, 6) is 0.376. The minimum absolute atomic E-state index is 0.246. The summed E-state index contributed by atoms with van der Waals surface area (Å²) < 4.78 is 0. The van der Waals surface area contributed by atoms with E-state index in [9.17, 15) is 4.79 Å². The van der Waals surface area contributed by atoms with Crippen LogP contribution in [0.25, 0.3) is 0 Å². The first-order valence-corrected chi connectivity index (χ1v) is 7.20. The highest BCUT2D eigenvalue weighted by atomic mass is 35.5. The third kappa shape index (κ3) is 4.65. The lowest BCUT2D eigenvalue weighted by molar-refractivity contribution is 0.0942. The third-order valence-corrected chi connectivity index (χ3v) is 3.72. The quantitative estimate of drug-likeness (QED) is 0.810. The first-order chi connectivity index (χ1) is 9.49. The number of hydrogen-bond acceptors (Lipinski definition) is 4. The average molecular weight is 299 g/mol. The lowest BCUT2D eigenvalue weighted by atomic mass is 10.2. The summed E-state index contributed by atoms with van der Waals surface area (Å²) in [7, 11) is 3.80. The van der Waals surface area contributed by atoms with Crippen molar-refractivity contribution in [3.63, 3.8) is 0 Å². The molecule has 6 heteroatoms. The highest BCUT2D eigenvalue weighted by Gasteiger charge is 2.13. The molecule has 0 spiro atoms. The van der Waals surface area contributed by atoms with Gasteiger partial charge in [0.1, 0.15) is 11.5 Å². The number of halogens is 1. The van der Waals surface area contributed by atoms with Gasteiger partial charge in [-0.2, -0.15) is 0 Å². The molecule has 0 fully saturated rings. The van der Waals surface area contributed by atoms with Crippen molar-refractivity contribution < 1.29 is 4.79 Å². The number of likely N-dealkylation sites (N-methyl/N-ethyl adjacent to an activating group) is 1. The molecule has 1 aromatic heterocycles. The zero-order valence-corrected chi connectivity index (χ0v) is 13.3. The normalized spacial score (nSPS) is 12.3.